The van der Waals surface area contributed by atoms with Gasteiger partial charge in [0.15, 0.2) is 0 Å². The van der Waals surface area contributed by atoms with Crippen LogP contribution in [0.5, 0.6) is 0 Å². The summed E-state index contributed by atoms with van der Waals surface area (Å²) in [6, 6.07) is 5.59. The molecule has 3 aliphatic heterocycles. The maximum Gasteiger partial charge on any atom is 0.410 e. The summed E-state index contributed by atoms with van der Waals surface area (Å²) < 4.78 is 32.2. The second-order valence-electron chi connectivity index (χ2n) is 13.3. The van der Waals surface area contributed by atoms with Crippen LogP contribution in [0.2, 0.25) is 0 Å². The smallest absolute Gasteiger partial charge is 0.410 e. The Morgan fingerprint density at radius 2 is 1.73 bits per heavy atom. The fraction of sp³-hybridized carbons (Fsp3) is 0.657. The Morgan fingerprint density at radius 1 is 1.00 bits per heavy atom. The van der Waals surface area contributed by atoms with E-state index in [0.29, 0.717) is 63.8 Å². The maximum absolute atomic E-state index is 14.7. The Kier molecular flexibility index (Phi) is 11.6. The first kappa shape index (κ1) is 33.4. The lowest BCUT2D eigenvalue weighted by molar-refractivity contribution is -0.151. The van der Waals surface area contributed by atoms with Gasteiger partial charge in [-0.05, 0) is 73.9 Å². The number of hydrogen-bond acceptors (Lipinski definition) is 8. The van der Waals surface area contributed by atoms with Crippen LogP contribution in [0.25, 0.3) is 6.08 Å². The van der Waals surface area contributed by atoms with E-state index in [4.69, 9.17) is 14.2 Å². The third-order valence-corrected chi connectivity index (χ3v) is 9.78. The zero-order valence-corrected chi connectivity index (χ0v) is 27.0. The number of cyclic esters (lactones) is 1. The number of benzene rings is 1. The van der Waals surface area contributed by atoms with Crippen molar-refractivity contribution in [1.29, 1.82) is 0 Å². The van der Waals surface area contributed by atoms with Gasteiger partial charge in [0, 0.05) is 56.9 Å². The molecule has 1 aromatic carbocycles. The lowest BCUT2D eigenvalue weighted by atomic mass is 9.91. The van der Waals surface area contributed by atoms with E-state index >= 15 is 0 Å². The molecule has 9 nitrogen and oxygen atoms in total. The van der Waals surface area contributed by atoms with Crippen molar-refractivity contribution in [3.63, 3.8) is 0 Å². The van der Waals surface area contributed by atoms with Crippen LogP contribution < -0.4 is 4.90 Å². The van der Waals surface area contributed by atoms with Gasteiger partial charge in [-0.15, -0.1) is 0 Å². The predicted octanol–water partition coefficient (Wildman–Crippen LogP) is 5.03. The number of anilines is 1. The minimum Gasteiger partial charge on any atom is -0.457 e. The summed E-state index contributed by atoms with van der Waals surface area (Å²) in [7, 11) is 0. The minimum absolute atomic E-state index is 0.0558. The number of rotatable bonds is 5. The first-order chi connectivity index (χ1) is 21.7. The first-order valence-electron chi connectivity index (χ1n) is 16.7. The zero-order valence-electron chi connectivity index (χ0n) is 27.0. The van der Waals surface area contributed by atoms with Crippen molar-refractivity contribution in [3.8, 4) is 0 Å². The number of carbonyl (C=O) groups excluding carboxylic acids is 2. The van der Waals surface area contributed by atoms with Gasteiger partial charge in [0.2, 0.25) is 0 Å². The standard InChI is InChI=1S/C35H50FN3O6/c1-24-7-9-31(40)23-33(41)45-34(26(3)19-27-20-28(36)22-30(21-27)38-15-17-43-18-16-38)25(2)8-10-32(24)44-35(42)39-13-11-37(12-14-39)29-5-4-6-29/h8,10,19-22,24-25,29,31-32,34,40H,4-7,9,11-18,23H2,1-3H3/b10-8+,26-19+/t24-,25-,31+,32-,34-/m0/s1. The predicted molar refractivity (Wildman–Crippen MR) is 171 cm³/mol. The normalized spacial score (nSPS) is 30.5. The summed E-state index contributed by atoms with van der Waals surface area (Å²) in [5, 5.41) is 10.6. The average molecular weight is 628 g/mol. The molecule has 248 valence electrons. The second kappa shape index (κ2) is 15.6. The van der Waals surface area contributed by atoms with Crippen molar-refractivity contribution in [2.45, 2.75) is 83.6 Å². The van der Waals surface area contributed by atoms with Gasteiger partial charge < -0.3 is 29.1 Å². The van der Waals surface area contributed by atoms with Gasteiger partial charge in [0.05, 0.1) is 25.7 Å². The van der Waals surface area contributed by atoms with Gasteiger partial charge in [-0.2, -0.15) is 0 Å². The summed E-state index contributed by atoms with van der Waals surface area (Å²) >= 11 is 0. The number of piperazine rings is 1. The highest BCUT2D eigenvalue weighted by Crippen LogP contribution is 2.28. The molecule has 4 aliphatic rings. The number of nitrogens with zero attached hydrogens (tertiary/aromatic N) is 3. The Balaban J connectivity index is 1.31. The van der Waals surface area contributed by atoms with Gasteiger partial charge in [-0.25, -0.2) is 9.18 Å². The summed E-state index contributed by atoms with van der Waals surface area (Å²) in [6.45, 7) is 11.5. The number of ether oxygens (including phenoxy) is 3. The van der Waals surface area contributed by atoms with Crippen LogP contribution in [0.4, 0.5) is 14.9 Å². The van der Waals surface area contributed by atoms with Crippen molar-refractivity contribution in [1.82, 2.24) is 9.80 Å². The van der Waals surface area contributed by atoms with E-state index in [1.54, 1.807) is 4.90 Å². The van der Waals surface area contributed by atoms with Crippen molar-refractivity contribution in [3.05, 3.63) is 47.3 Å². The molecule has 1 N–H and O–H groups in total. The number of aliphatic hydroxyl groups excluding tert-OH is 1. The van der Waals surface area contributed by atoms with E-state index in [-0.39, 0.29) is 30.2 Å². The van der Waals surface area contributed by atoms with Gasteiger partial charge in [-0.1, -0.05) is 32.4 Å². The molecule has 5 rings (SSSR count). The number of hydrogen-bond donors (Lipinski definition) is 1. The minimum atomic E-state index is -0.862. The van der Waals surface area contributed by atoms with Crippen LogP contribution in [0.3, 0.4) is 0 Å². The van der Waals surface area contributed by atoms with Crippen LogP contribution in [0.15, 0.2) is 35.9 Å². The summed E-state index contributed by atoms with van der Waals surface area (Å²) in [6.07, 6.45) is 8.03. The topological polar surface area (TPSA) is 91.8 Å². The zero-order chi connectivity index (χ0) is 31.9. The molecule has 5 atom stereocenters. The van der Waals surface area contributed by atoms with E-state index in [9.17, 15) is 19.1 Å². The number of esters is 1. The van der Waals surface area contributed by atoms with Crippen molar-refractivity contribution in [2.24, 2.45) is 11.8 Å². The van der Waals surface area contributed by atoms with Crippen molar-refractivity contribution >= 4 is 23.8 Å². The monoisotopic (exact) mass is 627 g/mol. The molecule has 0 radical (unpaired) electrons. The Labute approximate surface area is 267 Å². The highest BCUT2D eigenvalue weighted by Gasteiger charge is 2.32. The van der Waals surface area contributed by atoms with E-state index in [2.05, 4.69) is 9.80 Å². The molecule has 3 fully saturated rings. The Bertz CT molecular complexity index is 1220. The maximum atomic E-state index is 14.7. The molecule has 2 saturated heterocycles. The average Bonchev–Trinajstić information content (AvgIpc) is 2.99. The molecular formula is C35H50FN3O6. The van der Waals surface area contributed by atoms with Crippen LogP contribution in [-0.2, 0) is 19.0 Å². The fourth-order valence-corrected chi connectivity index (χ4v) is 6.69. The third-order valence-electron chi connectivity index (χ3n) is 9.78. The molecule has 10 heteroatoms. The van der Waals surface area contributed by atoms with E-state index in [1.165, 1.54) is 31.4 Å². The van der Waals surface area contributed by atoms with Crippen LogP contribution in [-0.4, -0.2) is 104 Å². The van der Waals surface area contributed by atoms with E-state index in [0.717, 1.165) is 24.4 Å². The molecule has 1 aromatic rings. The number of amides is 1. The van der Waals surface area contributed by atoms with Crippen LogP contribution in [0.1, 0.15) is 64.9 Å². The lowest BCUT2D eigenvalue weighted by Crippen LogP contribution is -2.54. The molecule has 0 unspecified atom stereocenters. The number of carbonyl (C=O) groups is 2. The molecule has 0 bridgehead atoms. The second-order valence-corrected chi connectivity index (χ2v) is 13.3. The highest BCUT2D eigenvalue weighted by atomic mass is 19.1. The van der Waals surface area contributed by atoms with Gasteiger partial charge in [-0.3, -0.25) is 9.69 Å². The first-order valence-corrected chi connectivity index (χ1v) is 16.7. The molecule has 0 aromatic heterocycles. The highest BCUT2D eigenvalue weighted by molar-refractivity contribution is 5.71. The third kappa shape index (κ3) is 9.08. The summed E-state index contributed by atoms with van der Waals surface area (Å²) in [5.41, 5.74) is 2.20. The summed E-state index contributed by atoms with van der Waals surface area (Å²) in [4.78, 5) is 32.5. The molecule has 1 saturated carbocycles. The van der Waals surface area contributed by atoms with Crippen molar-refractivity contribution < 1.29 is 33.3 Å². The summed E-state index contributed by atoms with van der Waals surface area (Å²) in [5.74, 6) is -1.15. The van der Waals surface area contributed by atoms with E-state index < -0.39 is 24.3 Å². The van der Waals surface area contributed by atoms with Crippen LogP contribution in [0, 0.1) is 17.7 Å². The van der Waals surface area contributed by atoms with Gasteiger partial charge in [0.1, 0.15) is 18.0 Å². The molecule has 0 spiro atoms. The van der Waals surface area contributed by atoms with E-state index in [1.807, 2.05) is 45.1 Å². The number of aliphatic hydroxyl groups is 1. The lowest BCUT2D eigenvalue weighted by Gasteiger charge is -2.42. The molecule has 1 amide bonds. The quantitative estimate of drug-likeness (QED) is 0.359. The molecular weight excluding hydrogens is 577 g/mol. The van der Waals surface area contributed by atoms with Crippen LogP contribution >= 0.6 is 0 Å². The molecule has 45 heavy (non-hydrogen) atoms. The fourth-order valence-electron chi connectivity index (χ4n) is 6.69. The number of halogens is 1. The molecule has 3 heterocycles. The number of morpholine rings is 1. The Hall–Kier alpha value is -2.95. The SMILES string of the molecule is C/C(=C\c1cc(F)cc(N2CCOCC2)c1)[C@H]1OC(=O)C[C@H](O)CC[C@H](C)[C@@H](OC(=O)N2CCN(C3CCC3)CC2)/C=C/[C@@H]1C. The Morgan fingerprint density at radius 3 is 2.42 bits per heavy atom. The molecule has 1 aliphatic carbocycles. The van der Waals surface area contributed by atoms with Gasteiger partial charge >= 0.3 is 12.1 Å². The van der Waals surface area contributed by atoms with Gasteiger partial charge in [0.25, 0.3) is 0 Å². The van der Waals surface area contributed by atoms with Crippen molar-refractivity contribution in [2.75, 3.05) is 57.4 Å². The largest absolute Gasteiger partial charge is 0.457 e.